The number of nitrogens with zero attached hydrogens (tertiary/aromatic N) is 1. The molecule has 0 spiro atoms. The van der Waals surface area contributed by atoms with Crippen molar-refractivity contribution in [2.45, 2.75) is 52.9 Å². The van der Waals surface area contributed by atoms with Crippen LogP contribution in [0.15, 0.2) is 0 Å². The van der Waals surface area contributed by atoms with Gasteiger partial charge in [-0.25, -0.2) is 19.3 Å². The van der Waals surface area contributed by atoms with Crippen molar-refractivity contribution in [3.05, 3.63) is 0 Å². The van der Waals surface area contributed by atoms with Crippen molar-refractivity contribution in [2.24, 2.45) is 5.92 Å². The van der Waals surface area contributed by atoms with Crippen LogP contribution in [0.1, 0.15) is 52.9 Å². The van der Waals surface area contributed by atoms with Crippen LogP contribution in [0, 0.1) is 5.92 Å². The quantitative estimate of drug-likeness (QED) is 0.382. The van der Waals surface area contributed by atoms with E-state index >= 15 is 0 Å². The van der Waals surface area contributed by atoms with Gasteiger partial charge in [-0.05, 0) is 6.42 Å². The SMILES string of the molecule is CCCCCC(C)C(=O)O[N+](C)(C)OC(=O)CC. The van der Waals surface area contributed by atoms with Crippen molar-refractivity contribution in [3.8, 4) is 0 Å². The van der Waals surface area contributed by atoms with Crippen LogP contribution in [0.2, 0.25) is 0 Å². The molecule has 0 aliphatic rings. The first kappa shape index (κ1) is 16.9. The molecule has 0 N–H and O–H groups in total. The molecule has 0 heterocycles. The molecule has 18 heavy (non-hydrogen) atoms. The average Bonchev–Trinajstić information content (AvgIpc) is 2.27. The molecule has 0 saturated carbocycles. The second-order valence-electron chi connectivity index (χ2n) is 4.88. The fraction of sp³-hybridized carbons (Fsp3) is 0.846. The molecule has 0 aromatic carbocycles. The highest BCUT2D eigenvalue weighted by Gasteiger charge is 2.30. The lowest BCUT2D eigenvalue weighted by molar-refractivity contribution is -1.20. The number of carbonyl (C=O) groups excluding carboxylic acids is 2. The molecular weight excluding hydrogens is 234 g/mol. The molecule has 0 aliphatic carbocycles. The van der Waals surface area contributed by atoms with Gasteiger partial charge < -0.3 is 0 Å². The highest BCUT2D eigenvalue weighted by Crippen LogP contribution is 2.14. The molecule has 0 rings (SSSR count). The van der Waals surface area contributed by atoms with Gasteiger partial charge in [0.15, 0.2) is 14.1 Å². The third-order valence-electron chi connectivity index (χ3n) is 2.56. The molecule has 5 nitrogen and oxygen atoms in total. The maximum absolute atomic E-state index is 11.8. The lowest BCUT2D eigenvalue weighted by Crippen LogP contribution is -2.44. The van der Waals surface area contributed by atoms with Crippen molar-refractivity contribution in [1.29, 1.82) is 0 Å². The van der Waals surface area contributed by atoms with Crippen LogP contribution in [0.5, 0.6) is 0 Å². The number of carbonyl (C=O) groups is 2. The first-order valence-corrected chi connectivity index (χ1v) is 6.62. The minimum Gasteiger partial charge on any atom is -0.245 e. The summed E-state index contributed by atoms with van der Waals surface area (Å²) >= 11 is 0. The van der Waals surface area contributed by atoms with Crippen molar-refractivity contribution in [1.82, 2.24) is 0 Å². The lowest BCUT2D eigenvalue weighted by atomic mass is 10.0. The Kier molecular flexibility index (Phi) is 7.59. The third-order valence-corrected chi connectivity index (χ3v) is 2.56. The largest absolute Gasteiger partial charge is 0.375 e. The first-order chi connectivity index (χ1) is 8.32. The standard InChI is InChI=1S/C13H26NO4/c1-6-8-9-10-11(3)13(16)18-14(4,5)17-12(15)7-2/h11H,6-10H2,1-5H3/q+1. The van der Waals surface area contributed by atoms with Gasteiger partial charge in [-0.2, -0.15) is 0 Å². The summed E-state index contributed by atoms with van der Waals surface area (Å²) in [7, 11) is 3.04. The zero-order valence-corrected chi connectivity index (χ0v) is 12.2. The van der Waals surface area contributed by atoms with E-state index in [2.05, 4.69) is 6.92 Å². The topological polar surface area (TPSA) is 52.6 Å². The van der Waals surface area contributed by atoms with Crippen LogP contribution in [0.4, 0.5) is 0 Å². The van der Waals surface area contributed by atoms with Crippen molar-refractivity contribution in [2.75, 3.05) is 14.1 Å². The Bertz CT molecular complexity index is 276. The summed E-state index contributed by atoms with van der Waals surface area (Å²) < 4.78 is 0. The molecular formula is C13H26NO4+. The summed E-state index contributed by atoms with van der Waals surface area (Å²) in [5.41, 5.74) is 0. The smallest absolute Gasteiger partial charge is 0.245 e. The Morgan fingerprint density at radius 3 is 2.22 bits per heavy atom. The minimum absolute atomic E-state index is 0.172. The Hall–Kier alpha value is -1.10. The number of quaternary nitrogens is 1. The molecule has 0 aromatic heterocycles. The first-order valence-electron chi connectivity index (χ1n) is 6.62. The van der Waals surface area contributed by atoms with E-state index in [0.717, 1.165) is 25.7 Å². The summed E-state index contributed by atoms with van der Waals surface area (Å²) in [6.07, 6.45) is 4.30. The Balaban J connectivity index is 4.15. The van der Waals surface area contributed by atoms with E-state index in [1.165, 1.54) is 14.1 Å². The predicted octanol–water partition coefficient (Wildman–Crippen LogP) is 2.61. The summed E-state index contributed by atoms with van der Waals surface area (Å²) in [6, 6.07) is 0. The van der Waals surface area contributed by atoms with E-state index in [1.54, 1.807) is 6.92 Å². The summed E-state index contributed by atoms with van der Waals surface area (Å²) in [6.45, 7) is 5.64. The van der Waals surface area contributed by atoms with E-state index in [4.69, 9.17) is 9.68 Å². The van der Waals surface area contributed by atoms with Gasteiger partial charge in [-0.1, -0.05) is 40.0 Å². The fourth-order valence-electron chi connectivity index (χ4n) is 1.45. The molecule has 5 heteroatoms. The molecule has 1 unspecified atom stereocenters. The Morgan fingerprint density at radius 1 is 1.11 bits per heavy atom. The molecule has 1 atom stereocenters. The minimum atomic E-state index is -0.510. The van der Waals surface area contributed by atoms with Crippen LogP contribution in [-0.4, -0.2) is 30.8 Å². The number of rotatable bonds is 8. The summed E-state index contributed by atoms with van der Waals surface area (Å²) in [4.78, 5) is 32.6. The normalized spacial score (nSPS) is 12.9. The molecule has 0 saturated heterocycles. The second-order valence-corrected chi connectivity index (χ2v) is 4.88. The van der Waals surface area contributed by atoms with Gasteiger partial charge in [0, 0.05) is 11.2 Å². The summed E-state index contributed by atoms with van der Waals surface area (Å²) in [5, 5.41) is 0. The second kappa shape index (κ2) is 8.08. The van der Waals surface area contributed by atoms with Crippen LogP contribution in [0.3, 0.4) is 0 Å². The number of unbranched alkanes of at least 4 members (excludes halogenated alkanes) is 2. The Labute approximate surface area is 110 Å². The third kappa shape index (κ3) is 7.27. The van der Waals surface area contributed by atoms with Gasteiger partial charge in [0.2, 0.25) is 0 Å². The van der Waals surface area contributed by atoms with Crippen LogP contribution >= 0.6 is 0 Å². The molecule has 0 aromatic rings. The number of hydrogen-bond acceptors (Lipinski definition) is 4. The fourth-order valence-corrected chi connectivity index (χ4v) is 1.45. The Morgan fingerprint density at radius 2 is 1.72 bits per heavy atom. The van der Waals surface area contributed by atoms with Crippen LogP contribution < -0.4 is 0 Å². The molecule has 0 fully saturated rings. The van der Waals surface area contributed by atoms with Gasteiger partial charge in [-0.3, -0.25) is 0 Å². The van der Waals surface area contributed by atoms with Crippen molar-refractivity contribution in [3.63, 3.8) is 0 Å². The van der Waals surface area contributed by atoms with E-state index in [-0.39, 0.29) is 18.3 Å². The number of hydrogen-bond donors (Lipinski definition) is 0. The zero-order chi connectivity index (χ0) is 14.2. The molecule has 0 aliphatic heterocycles. The van der Waals surface area contributed by atoms with Gasteiger partial charge in [0.25, 0.3) is 0 Å². The lowest BCUT2D eigenvalue weighted by Gasteiger charge is -2.23. The number of hydroxylamine groups is 4. The zero-order valence-electron chi connectivity index (χ0n) is 12.2. The van der Waals surface area contributed by atoms with E-state index < -0.39 is 10.8 Å². The highest BCUT2D eigenvalue weighted by atomic mass is 17.0. The van der Waals surface area contributed by atoms with Gasteiger partial charge >= 0.3 is 11.9 Å². The molecule has 0 bridgehead atoms. The maximum Gasteiger partial charge on any atom is 0.375 e. The van der Waals surface area contributed by atoms with Crippen molar-refractivity contribution < 1.29 is 24.1 Å². The monoisotopic (exact) mass is 260 g/mol. The van der Waals surface area contributed by atoms with Gasteiger partial charge in [0.05, 0.1) is 5.92 Å². The molecule has 0 amide bonds. The highest BCUT2D eigenvalue weighted by molar-refractivity contribution is 5.71. The van der Waals surface area contributed by atoms with Gasteiger partial charge in [0.1, 0.15) is 0 Å². The van der Waals surface area contributed by atoms with E-state index in [0.29, 0.717) is 0 Å². The van der Waals surface area contributed by atoms with Crippen LogP contribution in [0.25, 0.3) is 0 Å². The molecule has 0 radical (unpaired) electrons. The summed E-state index contributed by atoms with van der Waals surface area (Å²) in [5.74, 6) is -0.902. The van der Waals surface area contributed by atoms with E-state index in [9.17, 15) is 9.59 Å². The average molecular weight is 260 g/mol. The maximum atomic E-state index is 11.8. The van der Waals surface area contributed by atoms with E-state index in [1.807, 2.05) is 6.92 Å². The van der Waals surface area contributed by atoms with Crippen molar-refractivity contribution >= 4 is 11.9 Å². The molecule has 106 valence electrons. The predicted molar refractivity (Wildman–Crippen MR) is 67.9 cm³/mol. The van der Waals surface area contributed by atoms with Gasteiger partial charge in [-0.15, -0.1) is 0 Å². The van der Waals surface area contributed by atoms with Crippen LogP contribution in [-0.2, 0) is 19.3 Å².